The van der Waals surface area contributed by atoms with Gasteiger partial charge in [0.2, 0.25) is 15.9 Å². The van der Waals surface area contributed by atoms with Crippen molar-refractivity contribution in [3.63, 3.8) is 0 Å². The first-order valence-corrected chi connectivity index (χ1v) is 9.31. The Balaban J connectivity index is 2.03. The highest BCUT2D eigenvalue weighted by molar-refractivity contribution is 7.88. The molecule has 1 aliphatic rings. The number of hydrogen-bond donors (Lipinski definition) is 0. The van der Waals surface area contributed by atoms with Crippen LogP contribution in [0.2, 0.25) is 0 Å². The fraction of sp³-hybridized carbons (Fsp3) is 0.533. The van der Waals surface area contributed by atoms with Gasteiger partial charge in [-0.2, -0.15) is 13.2 Å². The number of hydrogen-bond acceptors (Lipinski definition) is 3. The van der Waals surface area contributed by atoms with Crippen LogP contribution < -0.4 is 0 Å². The van der Waals surface area contributed by atoms with Gasteiger partial charge in [-0.3, -0.25) is 4.79 Å². The van der Waals surface area contributed by atoms with Gasteiger partial charge in [0, 0.05) is 26.2 Å². The maximum absolute atomic E-state index is 12.7. The molecule has 0 atom stereocenters. The van der Waals surface area contributed by atoms with Gasteiger partial charge in [0.15, 0.2) is 0 Å². The van der Waals surface area contributed by atoms with E-state index in [0.717, 1.165) is 18.4 Å². The number of carbonyl (C=O) groups is 1. The van der Waals surface area contributed by atoms with Crippen molar-refractivity contribution in [3.05, 3.63) is 35.4 Å². The highest BCUT2D eigenvalue weighted by Gasteiger charge is 2.30. The SMILES string of the molecule is CS(=O)(=O)N1CCCN(C(=O)Cc2cccc(C(F)(F)F)c2)CC1. The quantitative estimate of drug-likeness (QED) is 0.821. The summed E-state index contributed by atoms with van der Waals surface area (Å²) in [5.41, 5.74) is -0.494. The normalized spacial score (nSPS) is 17.6. The van der Waals surface area contributed by atoms with E-state index in [4.69, 9.17) is 0 Å². The average molecular weight is 364 g/mol. The van der Waals surface area contributed by atoms with Crippen molar-refractivity contribution in [3.8, 4) is 0 Å². The minimum absolute atomic E-state index is 0.136. The Kier molecular flexibility index (Phi) is 5.54. The second-order valence-electron chi connectivity index (χ2n) is 5.77. The second-order valence-corrected chi connectivity index (χ2v) is 7.75. The first kappa shape index (κ1) is 18.7. The number of rotatable bonds is 3. The van der Waals surface area contributed by atoms with Crippen molar-refractivity contribution in [2.24, 2.45) is 0 Å². The lowest BCUT2D eigenvalue weighted by atomic mass is 10.1. The van der Waals surface area contributed by atoms with Crippen molar-refractivity contribution < 1.29 is 26.4 Å². The molecule has 1 heterocycles. The van der Waals surface area contributed by atoms with E-state index in [1.165, 1.54) is 21.3 Å². The maximum atomic E-state index is 12.7. The molecule has 134 valence electrons. The van der Waals surface area contributed by atoms with E-state index < -0.39 is 21.8 Å². The van der Waals surface area contributed by atoms with E-state index in [1.54, 1.807) is 0 Å². The highest BCUT2D eigenvalue weighted by atomic mass is 32.2. The Morgan fingerprint density at radius 3 is 2.50 bits per heavy atom. The molecule has 0 aromatic heterocycles. The zero-order valence-corrected chi connectivity index (χ0v) is 14.0. The molecular formula is C15H19F3N2O3S. The first-order valence-electron chi connectivity index (χ1n) is 7.46. The van der Waals surface area contributed by atoms with Crippen LogP contribution in [-0.2, 0) is 27.4 Å². The zero-order valence-electron chi connectivity index (χ0n) is 13.2. The van der Waals surface area contributed by atoms with Gasteiger partial charge in [-0.05, 0) is 18.1 Å². The number of halogens is 3. The number of benzene rings is 1. The largest absolute Gasteiger partial charge is 0.416 e. The summed E-state index contributed by atoms with van der Waals surface area (Å²) in [6.45, 7) is 1.17. The summed E-state index contributed by atoms with van der Waals surface area (Å²) >= 11 is 0. The molecule has 2 rings (SSSR count). The zero-order chi connectivity index (χ0) is 18.0. The lowest BCUT2D eigenvalue weighted by molar-refractivity contribution is -0.138. The van der Waals surface area contributed by atoms with Crippen LogP contribution in [-0.4, -0.2) is 56.0 Å². The predicted octanol–water partition coefficient (Wildman–Crippen LogP) is 1.74. The van der Waals surface area contributed by atoms with Gasteiger partial charge in [-0.15, -0.1) is 0 Å². The van der Waals surface area contributed by atoms with E-state index in [0.29, 0.717) is 25.1 Å². The summed E-state index contributed by atoms with van der Waals surface area (Å²) in [5, 5.41) is 0. The number of nitrogens with zero attached hydrogens (tertiary/aromatic N) is 2. The fourth-order valence-electron chi connectivity index (χ4n) is 2.62. The molecule has 1 saturated heterocycles. The van der Waals surface area contributed by atoms with Crippen molar-refractivity contribution >= 4 is 15.9 Å². The third kappa shape index (κ3) is 4.94. The average Bonchev–Trinajstić information content (AvgIpc) is 2.72. The topological polar surface area (TPSA) is 57.7 Å². The van der Waals surface area contributed by atoms with Crippen LogP contribution in [0.1, 0.15) is 17.5 Å². The summed E-state index contributed by atoms with van der Waals surface area (Å²) in [7, 11) is -3.31. The van der Waals surface area contributed by atoms with Gasteiger partial charge in [-0.25, -0.2) is 12.7 Å². The molecule has 0 spiro atoms. The number of sulfonamides is 1. The molecule has 1 fully saturated rings. The van der Waals surface area contributed by atoms with Crippen molar-refractivity contribution in [1.82, 2.24) is 9.21 Å². The third-order valence-electron chi connectivity index (χ3n) is 3.89. The standard InChI is InChI=1S/C15H19F3N2O3S/c1-24(22,23)20-7-3-6-19(8-9-20)14(21)11-12-4-2-5-13(10-12)15(16,17)18/h2,4-5,10H,3,6-9,11H2,1H3. The molecule has 5 nitrogen and oxygen atoms in total. The van der Waals surface area contributed by atoms with E-state index in [2.05, 4.69) is 0 Å². The summed E-state index contributed by atoms with van der Waals surface area (Å²) in [6, 6.07) is 4.69. The smallest absolute Gasteiger partial charge is 0.341 e. The lowest BCUT2D eigenvalue weighted by Crippen LogP contribution is -2.37. The van der Waals surface area contributed by atoms with Gasteiger partial charge in [0.25, 0.3) is 0 Å². The van der Waals surface area contributed by atoms with Gasteiger partial charge in [-0.1, -0.05) is 18.2 Å². The van der Waals surface area contributed by atoms with E-state index in [-0.39, 0.29) is 25.4 Å². The first-order chi connectivity index (χ1) is 11.1. The van der Waals surface area contributed by atoms with Crippen LogP contribution in [0.3, 0.4) is 0 Å². The molecule has 1 aromatic rings. The second kappa shape index (κ2) is 7.10. The van der Waals surface area contributed by atoms with Crippen LogP contribution in [0, 0.1) is 0 Å². The van der Waals surface area contributed by atoms with Crippen molar-refractivity contribution in [1.29, 1.82) is 0 Å². The Labute approximate surface area is 139 Å². The molecule has 1 aliphatic heterocycles. The molecule has 0 radical (unpaired) electrons. The Morgan fingerprint density at radius 2 is 1.88 bits per heavy atom. The molecule has 9 heteroatoms. The molecule has 1 aromatic carbocycles. The van der Waals surface area contributed by atoms with Crippen LogP contribution >= 0.6 is 0 Å². The lowest BCUT2D eigenvalue weighted by Gasteiger charge is -2.21. The molecule has 0 saturated carbocycles. The summed E-state index contributed by atoms with van der Waals surface area (Å²) < 4.78 is 62.6. The number of alkyl halides is 3. The summed E-state index contributed by atoms with van der Waals surface area (Å²) in [5.74, 6) is -0.301. The summed E-state index contributed by atoms with van der Waals surface area (Å²) in [6.07, 6.45) is -2.96. The van der Waals surface area contributed by atoms with Crippen LogP contribution in [0.4, 0.5) is 13.2 Å². The van der Waals surface area contributed by atoms with Crippen LogP contribution in [0.15, 0.2) is 24.3 Å². The van der Waals surface area contributed by atoms with E-state index >= 15 is 0 Å². The van der Waals surface area contributed by atoms with E-state index in [9.17, 15) is 26.4 Å². The molecule has 24 heavy (non-hydrogen) atoms. The van der Waals surface area contributed by atoms with Gasteiger partial charge < -0.3 is 4.90 Å². The monoisotopic (exact) mass is 364 g/mol. The number of amides is 1. The maximum Gasteiger partial charge on any atom is 0.416 e. The number of carbonyl (C=O) groups excluding carboxylic acids is 1. The molecular weight excluding hydrogens is 345 g/mol. The van der Waals surface area contributed by atoms with Gasteiger partial charge in [0.1, 0.15) is 0 Å². The Hall–Kier alpha value is -1.61. The fourth-order valence-corrected chi connectivity index (χ4v) is 3.49. The minimum atomic E-state index is -4.45. The third-order valence-corrected chi connectivity index (χ3v) is 5.19. The molecule has 0 aliphatic carbocycles. The molecule has 1 amide bonds. The molecule has 0 unspecified atom stereocenters. The van der Waals surface area contributed by atoms with Crippen LogP contribution in [0.25, 0.3) is 0 Å². The molecule has 0 bridgehead atoms. The summed E-state index contributed by atoms with van der Waals surface area (Å²) in [4.78, 5) is 13.8. The van der Waals surface area contributed by atoms with E-state index in [1.807, 2.05) is 0 Å². The minimum Gasteiger partial charge on any atom is -0.341 e. The van der Waals surface area contributed by atoms with Gasteiger partial charge in [0.05, 0.1) is 18.2 Å². The Bertz CT molecular complexity index is 704. The van der Waals surface area contributed by atoms with Gasteiger partial charge >= 0.3 is 6.18 Å². The Morgan fingerprint density at radius 1 is 1.17 bits per heavy atom. The molecule has 0 N–H and O–H groups in total. The predicted molar refractivity (Wildman–Crippen MR) is 82.8 cm³/mol. The van der Waals surface area contributed by atoms with Crippen LogP contribution in [0.5, 0.6) is 0 Å². The van der Waals surface area contributed by atoms with Crippen molar-refractivity contribution in [2.75, 3.05) is 32.4 Å². The van der Waals surface area contributed by atoms with Crippen molar-refractivity contribution in [2.45, 2.75) is 19.0 Å². The highest BCUT2D eigenvalue weighted by Crippen LogP contribution is 2.29.